The molecule has 0 amide bonds. The van der Waals surface area contributed by atoms with E-state index in [1.54, 1.807) is 0 Å². The van der Waals surface area contributed by atoms with Crippen LogP contribution in [0, 0.1) is 0 Å². The highest BCUT2D eigenvalue weighted by atomic mass is 32.2. The summed E-state index contributed by atoms with van der Waals surface area (Å²) in [4.78, 5) is 0. The molecule has 0 aromatic rings. The van der Waals surface area contributed by atoms with Gasteiger partial charge in [0.1, 0.15) is 12.2 Å². The van der Waals surface area contributed by atoms with E-state index in [0.29, 0.717) is 6.61 Å². The monoisotopic (exact) mass is 308 g/mol. The van der Waals surface area contributed by atoms with Crippen molar-refractivity contribution in [3.8, 4) is 0 Å². The van der Waals surface area contributed by atoms with E-state index in [0.717, 1.165) is 25.5 Å². The predicted octanol–water partition coefficient (Wildman–Crippen LogP) is 0.148. The second-order valence-electron chi connectivity index (χ2n) is 4.89. The van der Waals surface area contributed by atoms with Crippen LogP contribution in [0.2, 0.25) is 0 Å². The van der Waals surface area contributed by atoms with Gasteiger partial charge in [-0.1, -0.05) is 0 Å². The molecule has 2 rings (SSSR count). The molecular weight excluding hydrogens is 288 g/mol. The van der Waals surface area contributed by atoms with Crippen molar-refractivity contribution in [2.75, 3.05) is 19.5 Å². The minimum absolute atomic E-state index is 0.0895. The Bertz CT molecular complexity index is 427. The Balaban J connectivity index is 1.91. The summed E-state index contributed by atoms with van der Waals surface area (Å²) in [5.74, 6) is 0. The lowest BCUT2D eigenvalue weighted by atomic mass is 10.1. The molecule has 2 aliphatic rings. The van der Waals surface area contributed by atoms with E-state index in [2.05, 4.69) is 0 Å². The van der Waals surface area contributed by atoms with Gasteiger partial charge in [0.25, 0.3) is 10.1 Å². The van der Waals surface area contributed by atoms with Gasteiger partial charge in [-0.25, -0.2) is 0 Å². The van der Waals surface area contributed by atoms with Gasteiger partial charge in [0, 0.05) is 6.61 Å². The van der Waals surface area contributed by atoms with Gasteiger partial charge in [-0.05, 0) is 25.3 Å². The fraction of sp³-hybridized carbons (Fsp3) is 0.833. The summed E-state index contributed by atoms with van der Waals surface area (Å²) in [7, 11) is -3.69. The fourth-order valence-corrected chi connectivity index (χ4v) is 2.77. The summed E-state index contributed by atoms with van der Waals surface area (Å²) in [6.07, 6.45) is 3.35. The molecule has 1 unspecified atom stereocenters. The van der Waals surface area contributed by atoms with Crippen LogP contribution < -0.4 is 0 Å². The zero-order valence-corrected chi connectivity index (χ0v) is 12.1. The Labute approximate surface area is 118 Å². The van der Waals surface area contributed by atoms with Crippen LogP contribution in [0.3, 0.4) is 0 Å². The van der Waals surface area contributed by atoms with Crippen LogP contribution in [-0.2, 0) is 28.5 Å². The van der Waals surface area contributed by atoms with Crippen LogP contribution in [0.25, 0.3) is 0 Å². The van der Waals surface area contributed by atoms with Crippen molar-refractivity contribution in [3.05, 3.63) is 12.3 Å². The molecule has 0 radical (unpaired) electrons. The molecule has 2 aliphatic heterocycles. The van der Waals surface area contributed by atoms with Gasteiger partial charge in [-0.2, -0.15) is 8.42 Å². The Hall–Kier alpha value is -0.670. The second kappa shape index (κ2) is 6.86. The number of ether oxygens (including phenoxy) is 3. The molecule has 8 heteroatoms. The van der Waals surface area contributed by atoms with Crippen molar-refractivity contribution in [2.45, 2.75) is 43.9 Å². The highest BCUT2D eigenvalue weighted by Gasteiger charge is 2.35. The number of aliphatic hydroxyl groups excluding tert-OH is 1. The van der Waals surface area contributed by atoms with E-state index >= 15 is 0 Å². The smallest absolute Gasteiger partial charge is 0.264 e. The molecule has 2 heterocycles. The number of aliphatic hydroxyl groups is 1. The Morgan fingerprint density at radius 2 is 2.20 bits per heavy atom. The van der Waals surface area contributed by atoms with Gasteiger partial charge < -0.3 is 19.3 Å². The summed E-state index contributed by atoms with van der Waals surface area (Å²) in [5, 5.41) is 9.80. The fourth-order valence-electron chi connectivity index (χ4n) is 2.13. The highest BCUT2D eigenvalue weighted by Crippen LogP contribution is 2.20. The lowest BCUT2D eigenvalue weighted by molar-refractivity contribution is -0.187. The minimum atomic E-state index is -3.69. The highest BCUT2D eigenvalue weighted by molar-refractivity contribution is 7.86. The van der Waals surface area contributed by atoms with Crippen LogP contribution in [0.1, 0.15) is 19.3 Å². The van der Waals surface area contributed by atoms with Crippen molar-refractivity contribution in [3.63, 3.8) is 0 Å². The maximum absolute atomic E-state index is 11.2. The van der Waals surface area contributed by atoms with Crippen molar-refractivity contribution in [2.24, 2.45) is 0 Å². The van der Waals surface area contributed by atoms with Crippen LogP contribution >= 0.6 is 0 Å². The summed E-state index contributed by atoms with van der Waals surface area (Å²) >= 11 is 0. The first-order chi connectivity index (χ1) is 9.46. The average Bonchev–Trinajstić information content (AvgIpc) is 2.39. The van der Waals surface area contributed by atoms with Gasteiger partial charge >= 0.3 is 0 Å². The number of hydrogen-bond donors (Lipinski definition) is 1. The standard InChI is InChI=1S/C12H20O7S/c1-20(14,15)19-12-9(13)5-7-16-10(12)8-18-11-4-2-3-6-17-11/h5,7,9-13H,2-4,6,8H2,1H3/t9-,10+,11?,12+/m0/s1. The second-order valence-corrected chi connectivity index (χ2v) is 6.49. The molecule has 4 atom stereocenters. The average molecular weight is 308 g/mol. The van der Waals surface area contributed by atoms with E-state index in [9.17, 15) is 13.5 Å². The lowest BCUT2D eigenvalue weighted by Gasteiger charge is -2.32. The van der Waals surface area contributed by atoms with Crippen molar-refractivity contribution in [1.29, 1.82) is 0 Å². The molecule has 1 N–H and O–H groups in total. The lowest BCUT2D eigenvalue weighted by Crippen LogP contribution is -2.46. The third-order valence-corrected chi connectivity index (χ3v) is 3.67. The first kappa shape index (κ1) is 15.7. The molecule has 1 fully saturated rings. The first-order valence-electron chi connectivity index (χ1n) is 6.57. The van der Waals surface area contributed by atoms with Gasteiger partial charge in [0.05, 0.1) is 19.1 Å². The molecule has 1 saturated heterocycles. The van der Waals surface area contributed by atoms with Crippen LogP contribution in [0.4, 0.5) is 0 Å². The predicted molar refractivity (Wildman–Crippen MR) is 69.3 cm³/mol. The van der Waals surface area contributed by atoms with E-state index in [1.165, 1.54) is 12.3 Å². The number of hydrogen-bond acceptors (Lipinski definition) is 7. The van der Waals surface area contributed by atoms with Crippen molar-refractivity contribution >= 4 is 10.1 Å². The molecule has 20 heavy (non-hydrogen) atoms. The third kappa shape index (κ3) is 4.71. The largest absolute Gasteiger partial charge is 0.493 e. The van der Waals surface area contributed by atoms with Crippen LogP contribution in [-0.4, -0.2) is 57.6 Å². The SMILES string of the molecule is CS(=O)(=O)O[C@@H]1[C@@H](O)C=CO[C@@H]1COC1CCCCO1. The van der Waals surface area contributed by atoms with Gasteiger partial charge in [0.2, 0.25) is 0 Å². The summed E-state index contributed by atoms with van der Waals surface area (Å²) < 4.78 is 43.6. The molecule has 0 bridgehead atoms. The minimum Gasteiger partial charge on any atom is -0.493 e. The molecule has 0 aliphatic carbocycles. The third-order valence-electron chi connectivity index (χ3n) is 3.10. The molecular formula is C12H20O7S. The molecule has 116 valence electrons. The Morgan fingerprint density at radius 3 is 2.85 bits per heavy atom. The van der Waals surface area contributed by atoms with Crippen molar-refractivity contribution in [1.82, 2.24) is 0 Å². The summed E-state index contributed by atoms with van der Waals surface area (Å²) in [5.41, 5.74) is 0. The first-order valence-corrected chi connectivity index (χ1v) is 8.39. The summed E-state index contributed by atoms with van der Waals surface area (Å²) in [6.45, 7) is 0.744. The van der Waals surface area contributed by atoms with E-state index in [1.807, 2.05) is 0 Å². The van der Waals surface area contributed by atoms with E-state index in [4.69, 9.17) is 18.4 Å². The number of rotatable bonds is 5. The van der Waals surface area contributed by atoms with Gasteiger partial charge in [-0.3, -0.25) is 4.18 Å². The topological polar surface area (TPSA) is 91.3 Å². The molecule has 0 spiro atoms. The van der Waals surface area contributed by atoms with Crippen LogP contribution in [0.15, 0.2) is 12.3 Å². The Kier molecular flexibility index (Phi) is 5.39. The maximum atomic E-state index is 11.2. The van der Waals surface area contributed by atoms with Crippen LogP contribution in [0.5, 0.6) is 0 Å². The normalized spacial score (nSPS) is 34.7. The van der Waals surface area contributed by atoms with Gasteiger partial charge in [0.15, 0.2) is 12.4 Å². The zero-order valence-electron chi connectivity index (χ0n) is 11.3. The van der Waals surface area contributed by atoms with Crippen molar-refractivity contribution < 1.29 is 31.9 Å². The quantitative estimate of drug-likeness (QED) is 0.723. The Morgan fingerprint density at radius 1 is 1.40 bits per heavy atom. The van der Waals surface area contributed by atoms with Gasteiger partial charge in [-0.15, -0.1) is 0 Å². The zero-order chi connectivity index (χ0) is 14.6. The molecule has 0 saturated carbocycles. The molecule has 7 nitrogen and oxygen atoms in total. The van der Waals surface area contributed by atoms with E-state index < -0.39 is 28.4 Å². The molecule has 0 aromatic carbocycles. The molecule has 0 aromatic heterocycles. The summed E-state index contributed by atoms with van der Waals surface area (Å²) in [6, 6.07) is 0. The van der Waals surface area contributed by atoms with E-state index in [-0.39, 0.29) is 12.9 Å². The maximum Gasteiger partial charge on any atom is 0.264 e.